The summed E-state index contributed by atoms with van der Waals surface area (Å²) in [7, 11) is 0. The minimum absolute atomic E-state index is 0.314. The lowest BCUT2D eigenvalue weighted by Gasteiger charge is -2.13. The summed E-state index contributed by atoms with van der Waals surface area (Å²) in [5.74, 6) is 5.73. The van der Waals surface area contributed by atoms with Gasteiger partial charge in [-0.2, -0.15) is 0 Å². The van der Waals surface area contributed by atoms with Crippen LogP contribution in [0.4, 0.5) is 0 Å². The van der Waals surface area contributed by atoms with Crippen molar-refractivity contribution in [1.29, 1.82) is 0 Å². The van der Waals surface area contributed by atoms with Crippen molar-refractivity contribution in [2.24, 2.45) is 5.84 Å². The Labute approximate surface area is 118 Å². The number of nitrogen functional groups attached to an aromatic ring is 1. The second kappa shape index (κ2) is 6.21. The summed E-state index contributed by atoms with van der Waals surface area (Å²) in [6, 6.07) is 13.3. The smallest absolute Gasteiger partial charge is 0.265 e. The summed E-state index contributed by atoms with van der Waals surface area (Å²) in [4.78, 5) is 11.7. The van der Waals surface area contributed by atoms with Crippen LogP contribution in [0.25, 0.3) is 0 Å². The van der Waals surface area contributed by atoms with Crippen LogP contribution in [0.2, 0.25) is 0 Å². The van der Waals surface area contributed by atoms with E-state index in [1.807, 2.05) is 44.2 Å². The molecule has 0 aliphatic rings. The fourth-order valence-corrected chi connectivity index (χ4v) is 2.12. The highest BCUT2D eigenvalue weighted by atomic mass is 16.5. The third-order valence-electron chi connectivity index (χ3n) is 3.17. The molecule has 0 radical (unpaired) electrons. The number of hydrogen-bond donors (Lipinski definition) is 2. The van der Waals surface area contributed by atoms with Gasteiger partial charge in [0.25, 0.3) is 5.91 Å². The minimum Gasteiger partial charge on any atom is -0.488 e. The summed E-state index contributed by atoms with van der Waals surface area (Å²) in [5.41, 5.74) is 5.63. The van der Waals surface area contributed by atoms with Gasteiger partial charge in [0.15, 0.2) is 0 Å². The molecule has 0 aliphatic carbocycles. The Kier molecular flexibility index (Phi) is 4.38. The average molecular weight is 270 g/mol. The summed E-state index contributed by atoms with van der Waals surface area (Å²) in [6.45, 7) is 4.33. The van der Waals surface area contributed by atoms with Gasteiger partial charge in [-0.05, 0) is 31.0 Å². The van der Waals surface area contributed by atoms with Gasteiger partial charge in [-0.3, -0.25) is 10.2 Å². The summed E-state index contributed by atoms with van der Waals surface area (Å²) >= 11 is 0. The number of ether oxygens (including phenoxy) is 1. The molecule has 0 atom stereocenters. The molecule has 0 fully saturated rings. The molecule has 0 aromatic heterocycles. The predicted octanol–water partition coefficient (Wildman–Crippen LogP) is 2.49. The topological polar surface area (TPSA) is 64.3 Å². The highest BCUT2D eigenvalue weighted by Crippen LogP contribution is 2.24. The standard InChI is InChI=1S/C16H18N2O2/c1-11-6-5-7-12(2)15(11)20-10-13-8-3-4-9-14(13)16(19)18-17/h3-9H,10,17H2,1-2H3,(H,18,19). The normalized spacial score (nSPS) is 10.2. The molecule has 20 heavy (non-hydrogen) atoms. The molecule has 2 aromatic rings. The Hall–Kier alpha value is -2.33. The molecule has 1 amide bonds. The first-order chi connectivity index (χ1) is 9.63. The number of rotatable bonds is 4. The van der Waals surface area contributed by atoms with Crippen molar-refractivity contribution in [3.8, 4) is 5.75 Å². The molecule has 0 saturated carbocycles. The number of nitrogens with one attached hydrogen (secondary N) is 1. The van der Waals surface area contributed by atoms with Crippen LogP contribution in [0.1, 0.15) is 27.0 Å². The third kappa shape index (κ3) is 2.97. The zero-order valence-corrected chi connectivity index (χ0v) is 11.6. The van der Waals surface area contributed by atoms with Gasteiger partial charge in [-0.25, -0.2) is 5.84 Å². The number of para-hydroxylation sites is 1. The Morgan fingerprint density at radius 2 is 1.75 bits per heavy atom. The first-order valence-corrected chi connectivity index (χ1v) is 6.41. The van der Waals surface area contributed by atoms with Crippen molar-refractivity contribution in [3.05, 3.63) is 64.7 Å². The van der Waals surface area contributed by atoms with Crippen LogP contribution in [0.15, 0.2) is 42.5 Å². The first kappa shape index (κ1) is 14.1. The molecule has 0 heterocycles. The molecule has 0 bridgehead atoms. The molecule has 2 rings (SSSR count). The van der Waals surface area contributed by atoms with Gasteiger partial charge in [0.1, 0.15) is 12.4 Å². The molecule has 3 N–H and O–H groups in total. The lowest BCUT2D eigenvalue weighted by atomic mass is 10.1. The highest BCUT2D eigenvalue weighted by molar-refractivity contribution is 5.95. The van der Waals surface area contributed by atoms with Gasteiger partial charge in [0.05, 0.1) is 0 Å². The van der Waals surface area contributed by atoms with Gasteiger partial charge in [-0.15, -0.1) is 0 Å². The summed E-state index contributed by atoms with van der Waals surface area (Å²) in [5, 5.41) is 0. The molecular weight excluding hydrogens is 252 g/mol. The van der Waals surface area contributed by atoms with Crippen molar-refractivity contribution in [2.75, 3.05) is 0 Å². The Morgan fingerprint density at radius 3 is 2.40 bits per heavy atom. The van der Waals surface area contributed by atoms with Crippen LogP contribution >= 0.6 is 0 Å². The number of carbonyl (C=O) groups is 1. The van der Waals surface area contributed by atoms with Crippen molar-refractivity contribution in [1.82, 2.24) is 5.43 Å². The van der Waals surface area contributed by atoms with E-state index in [1.165, 1.54) is 0 Å². The van der Waals surface area contributed by atoms with E-state index >= 15 is 0 Å². The van der Waals surface area contributed by atoms with E-state index in [4.69, 9.17) is 10.6 Å². The average Bonchev–Trinajstić information content (AvgIpc) is 2.46. The van der Waals surface area contributed by atoms with Gasteiger partial charge < -0.3 is 4.74 Å². The monoisotopic (exact) mass is 270 g/mol. The zero-order chi connectivity index (χ0) is 14.5. The second-order valence-corrected chi connectivity index (χ2v) is 4.64. The molecule has 0 aliphatic heterocycles. The van der Waals surface area contributed by atoms with E-state index < -0.39 is 0 Å². The van der Waals surface area contributed by atoms with Crippen LogP contribution < -0.4 is 16.0 Å². The van der Waals surface area contributed by atoms with Crippen LogP contribution in [0, 0.1) is 13.8 Å². The maximum Gasteiger partial charge on any atom is 0.265 e. The number of benzene rings is 2. The zero-order valence-electron chi connectivity index (χ0n) is 11.6. The molecule has 104 valence electrons. The molecule has 0 unspecified atom stereocenters. The van der Waals surface area contributed by atoms with Crippen molar-refractivity contribution in [2.45, 2.75) is 20.5 Å². The molecular formula is C16H18N2O2. The van der Waals surface area contributed by atoms with Crippen molar-refractivity contribution >= 4 is 5.91 Å². The van der Waals surface area contributed by atoms with Crippen LogP contribution in [-0.2, 0) is 6.61 Å². The van der Waals surface area contributed by atoms with Crippen molar-refractivity contribution < 1.29 is 9.53 Å². The predicted molar refractivity (Wildman–Crippen MR) is 78.3 cm³/mol. The van der Waals surface area contributed by atoms with E-state index in [0.29, 0.717) is 12.2 Å². The minimum atomic E-state index is -0.314. The van der Waals surface area contributed by atoms with E-state index in [2.05, 4.69) is 5.43 Å². The van der Waals surface area contributed by atoms with Crippen LogP contribution in [0.5, 0.6) is 5.75 Å². The number of hydrazine groups is 1. The quantitative estimate of drug-likeness (QED) is 0.509. The first-order valence-electron chi connectivity index (χ1n) is 6.41. The van der Waals surface area contributed by atoms with E-state index in [1.54, 1.807) is 12.1 Å². The number of carbonyl (C=O) groups excluding carboxylic acids is 1. The highest BCUT2D eigenvalue weighted by Gasteiger charge is 2.11. The lowest BCUT2D eigenvalue weighted by molar-refractivity contribution is 0.0951. The van der Waals surface area contributed by atoms with E-state index in [0.717, 1.165) is 22.4 Å². The SMILES string of the molecule is Cc1cccc(C)c1OCc1ccccc1C(=O)NN. The maximum absolute atomic E-state index is 11.7. The van der Waals surface area contributed by atoms with Crippen LogP contribution in [0.3, 0.4) is 0 Å². The third-order valence-corrected chi connectivity index (χ3v) is 3.17. The second-order valence-electron chi connectivity index (χ2n) is 4.64. The number of hydrogen-bond acceptors (Lipinski definition) is 3. The van der Waals surface area contributed by atoms with Gasteiger partial charge >= 0.3 is 0 Å². The summed E-state index contributed by atoms with van der Waals surface area (Å²) < 4.78 is 5.87. The Bertz CT molecular complexity index is 603. The van der Waals surface area contributed by atoms with E-state index in [-0.39, 0.29) is 5.91 Å². The van der Waals surface area contributed by atoms with Crippen molar-refractivity contribution in [3.63, 3.8) is 0 Å². The van der Waals surface area contributed by atoms with Gasteiger partial charge in [0.2, 0.25) is 0 Å². The van der Waals surface area contributed by atoms with Gasteiger partial charge in [0, 0.05) is 11.1 Å². The molecule has 4 nitrogen and oxygen atoms in total. The maximum atomic E-state index is 11.7. The van der Waals surface area contributed by atoms with E-state index in [9.17, 15) is 4.79 Å². The fraction of sp³-hybridized carbons (Fsp3) is 0.188. The molecule has 0 saturated heterocycles. The molecule has 4 heteroatoms. The largest absolute Gasteiger partial charge is 0.488 e. The molecule has 2 aromatic carbocycles. The van der Waals surface area contributed by atoms with Crippen LogP contribution in [-0.4, -0.2) is 5.91 Å². The molecule has 0 spiro atoms. The summed E-state index contributed by atoms with van der Waals surface area (Å²) in [6.07, 6.45) is 0. The number of aryl methyl sites for hydroxylation is 2. The Balaban J connectivity index is 2.21. The lowest BCUT2D eigenvalue weighted by Crippen LogP contribution is -2.30. The Morgan fingerprint density at radius 1 is 1.10 bits per heavy atom. The fourth-order valence-electron chi connectivity index (χ4n) is 2.12. The van der Waals surface area contributed by atoms with Gasteiger partial charge in [-0.1, -0.05) is 36.4 Å². The number of nitrogens with two attached hydrogens (primary N) is 1. The number of amides is 1.